The fraction of sp³-hybridized carbons (Fsp3) is 0.700. The van der Waals surface area contributed by atoms with Gasteiger partial charge in [0.2, 0.25) is 10.4 Å². The Balaban J connectivity index is 0. The van der Waals surface area contributed by atoms with E-state index in [1.54, 1.807) is 0 Å². The fourth-order valence-electron chi connectivity index (χ4n) is 0.771. The van der Waals surface area contributed by atoms with Gasteiger partial charge in [0.25, 0.3) is 0 Å². The molecule has 0 aromatic rings. The molecule has 0 fully saturated rings. The summed E-state index contributed by atoms with van der Waals surface area (Å²) in [5, 5.41) is 0. The van der Waals surface area contributed by atoms with Gasteiger partial charge in [0.1, 0.15) is 0 Å². The number of carbonyl (C=O) groups is 1. The monoisotopic (exact) mass is 283 g/mol. The van der Waals surface area contributed by atoms with Crippen molar-refractivity contribution >= 4 is 16.4 Å². The Labute approximate surface area is 109 Å². The third kappa shape index (κ3) is 20.5. The van der Waals surface area contributed by atoms with Gasteiger partial charge in [0, 0.05) is 12.5 Å². The Hall–Kier alpha value is -0.960. The van der Waals surface area contributed by atoms with Crippen molar-refractivity contribution in [2.75, 3.05) is 41.4 Å². The van der Waals surface area contributed by atoms with Crippen LogP contribution in [0.4, 0.5) is 0 Å². The second kappa shape index (κ2) is 9.03. The predicted octanol–water partition coefficient (Wildman–Crippen LogP) is -0.0951. The number of hydrogen-bond acceptors (Lipinski definition) is 6. The van der Waals surface area contributed by atoms with E-state index in [9.17, 15) is 17.8 Å². The first-order valence-corrected chi connectivity index (χ1v) is 6.46. The summed E-state index contributed by atoms with van der Waals surface area (Å²) in [6.45, 7) is 4.80. The average Bonchev–Trinajstić information content (AvgIpc) is 2.22. The van der Waals surface area contributed by atoms with Crippen molar-refractivity contribution in [3.8, 4) is 0 Å². The predicted molar refractivity (Wildman–Crippen MR) is 65.4 cm³/mol. The molecule has 8 heteroatoms. The SMILES string of the molecule is C=CC(=O)OCCC[N+](C)(C)C.COS(=O)(=O)[O-]. The molecule has 0 saturated carbocycles. The molecule has 108 valence electrons. The van der Waals surface area contributed by atoms with Gasteiger partial charge in [-0.3, -0.25) is 4.18 Å². The largest absolute Gasteiger partial charge is 0.726 e. The van der Waals surface area contributed by atoms with Gasteiger partial charge >= 0.3 is 5.97 Å². The highest BCUT2D eigenvalue weighted by molar-refractivity contribution is 7.80. The van der Waals surface area contributed by atoms with Crippen LogP contribution in [-0.2, 0) is 24.1 Å². The van der Waals surface area contributed by atoms with Crippen LogP contribution in [0.1, 0.15) is 6.42 Å². The molecule has 0 radical (unpaired) electrons. The Morgan fingerprint density at radius 3 is 2.11 bits per heavy atom. The van der Waals surface area contributed by atoms with E-state index in [2.05, 4.69) is 31.9 Å². The smallest absolute Gasteiger partial charge is 0.330 e. The summed E-state index contributed by atoms with van der Waals surface area (Å²) in [6.07, 6.45) is 2.08. The third-order valence-electron chi connectivity index (χ3n) is 1.59. The highest BCUT2D eigenvalue weighted by atomic mass is 32.3. The van der Waals surface area contributed by atoms with Crippen molar-refractivity contribution in [2.45, 2.75) is 6.42 Å². The third-order valence-corrected chi connectivity index (χ3v) is 2.00. The summed E-state index contributed by atoms with van der Waals surface area (Å²) < 4.78 is 36.7. The minimum absolute atomic E-state index is 0.337. The van der Waals surface area contributed by atoms with Crippen molar-refractivity contribution in [3.05, 3.63) is 12.7 Å². The molecule has 0 atom stereocenters. The molecule has 0 aliphatic rings. The fourth-order valence-corrected chi connectivity index (χ4v) is 0.771. The summed E-state index contributed by atoms with van der Waals surface area (Å²) in [7, 11) is 2.72. The van der Waals surface area contributed by atoms with Gasteiger partial charge in [-0.05, 0) is 0 Å². The van der Waals surface area contributed by atoms with Crippen molar-refractivity contribution < 1.29 is 31.2 Å². The average molecular weight is 283 g/mol. The maximum atomic E-state index is 10.6. The van der Waals surface area contributed by atoms with Gasteiger partial charge in [0.15, 0.2) is 0 Å². The molecule has 0 amide bonds. The van der Waals surface area contributed by atoms with Gasteiger partial charge < -0.3 is 13.8 Å². The van der Waals surface area contributed by atoms with E-state index in [-0.39, 0.29) is 5.97 Å². The molecule has 0 aromatic heterocycles. The van der Waals surface area contributed by atoms with Crippen LogP contribution < -0.4 is 0 Å². The van der Waals surface area contributed by atoms with E-state index in [1.807, 2.05) is 0 Å². The lowest BCUT2D eigenvalue weighted by Crippen LogP contribution is -2.35. The van der Waals surface area contributed by atoms with Crippen LogP contribution in [0.2, 0.25) is 0 Å². The zero-order valence-electron chi connectivity index (χ0n) is 11.2. The topological polar surface area (TPSA) is 92.7 Å². The van der Waals surface area contributed by atoms with Crippen molar-refractivity contribution in [3.63, 3.8) is 0 Å². The molecule has 0 bridgehead atoms. The zero-order valence-corrected chi connectivity index (χ0v) is 12.0. The molecule has 0 aliphatic carbocycles. The lowest BCUT2D eigenvalue weighted by atomic mass is 10.4. The first kappa shape index (κ1) is 19.4. The lowest BCUT2D eigenvalue weighted by Gasteiger charge is -2.23. The van der Waals surface area contributed by atoms with E-state index in [1.165, 1.54) is 6.08 Å². The van der Waals surface area contributed by atoms with Crippen molar-refractivity contribution in [1.29, 1.82) is 0 Å². The molecular formula is C10H21NO6S. The number of hydrogen-bond donors (Lipinski definition) is 0. The molecule has 7 nitrogen and oxygen atoms in total. The number of esters is 1. The molecule has 0 aromatic carbocycles. The second-order valence-corrected chi connectivity index (χ2v) is 5.46. The van der Waals surface area contributed by atoms with Gasteiger partial charge in [-0.15, -0.1) is 0 Å². The standard InChI is InChI=1S/C9H18NO2.CH4O4S/c1-5-9(11)12-8-6-7-10(2,3)4;1-5-6(2,3)4/h5H,1,6-8H2,2-4H3;1H3,(H,2,3,4)/q+1;/p-1. The van der Waals surface area contributed by atoms with E-state index >= 15 is 0 Å². The van der Waals surface area contributed by atoms with E-state index in [0.717, 1.165) is 24.6 Å². The molecule has 0 aliphatic heterocycles. The summed E-state index contributed by atoms with van der Waals surface area (Å²) in [4.78, 5) is 10.6. The van der Waals surface area contributed by atoms with Gasteiger partial charge in [0.05, 0.1) is 41.4 Å². The highest BCUT2D eigenvalue weighted by Gasteiger charge is 2.06. The summed E-state index contributed by atoms with van der Waals surface area (Å²) in [6, 6.07) is 0. The second-order valence-electron chi connectivity index (χ2n) is 4.31. The van der Waals surface area contributed by atoms with Crippen LogP contribution in [0.25, 0.3) is 0 Å². The van der Waals surface area contributed by atoms with Crippen molar-refractivity contribution in [1.82, 2.24) is 0 Å². The minimum Gasteiger partial charge on any atom is -0.726 e. The molecular weight excluding hydrogens is 262 g/mol. The Bertz CT molecular complexity index is 344. The lowest BCUT2D eigenvalue weighted by molar-refractivity contribution is -0.870. The molecule has 18 heavy (non-hydrogen) atoms. The van der Waals surface area contributed by atoms with Crippen LogP contribution in [0.15, 0.2) is 12.7 Å². The molecule has 0 heterocycles. The molecule has 0 N–H and O–H groups in total. The summed E-state index contributed by atoms with van der Waals surface area (Å²) >= 11 is 0. The number of carbonyl (C=O) groups excluding carboxylic acids is 1. The van der Waals surface area contributed by atoms with E-state index < -0.39 is 10.4 Å². The van der Waals surface area contributed by atoms with Crippen molar-refractivity contribution in [2.24, 2.45) is 0 Å². The van der Waals surface area contributed by atoms with Crippen LogP contribution in [-0.4, -0.2) is 64.8 Å². The van der Waals surface area contributed by atoms with E-state index in [0.29, 0.717) is 6.61 Å². The van der Waals surface area contributed by atoms with Crippen LogP contribution in [0.5, 0.6) is 0 Å². The maximum absolute atomic E-state index is 10.6. The molecule has 0 rings (SSSR count). The normalized spacial score (nSPS) is 11.2. The molecule has 0 spiro atoms. The zero-order chi connectivity index (χ0) is 14.8. The minimum atomic E-state index is -4.41. The summed E-state index contributed by atoms with van der Waals surface area (Å²) in [5.41, 5.74) is 0. The Morgan fingerprint density at radius 2 is 1.83 bits per heavy atom. The van der Waals surface area contributed by atoms with Crippen LogP contribution in [0.3, 0.4) is 0 Å². The number of ether oxygens (including phenoxy) is 1. The highest BCUT2D eigenvalue weighted by Crippen LogP contribution is 1.94. The Morgan fingerprint density at radius 1 is 1.39 bits per heavy atom. The van der Waals surface area contributed by atoms with Gasteiger partial charge in [-0.1, -0.05) is 6.58 Å². The van der Waals surface area contributed by atoms with Gasteiger partial charge in [-0.25, -0.2) is 13.2 Å². The quantitative estimate of drug-likeness (QED) is 0.169. The molecule has 0 saturated heterocycles. The Kier molecular flexibility index (Phi) is 9.73. The first-order chi connectivity index (χ1) is 8.02. The first-order valence-electron chi connectivity index (χ1n) is 5.13. The van der Waals surface area contributed by atoms with E-state index in [4.69, 9.17) is 4.74 Å². The van der Waals surface area contributed by atoms with Gasteiger partial charge in [-0.2, -0.15) is 0 Å². The molecule has 0 unspecified atom stereocenters. The number of rotatable bonds is 6. The maximum Gasteiger partial charge on any atom is 0.330 e. The number of quaternary nitrogens is 1. The number of nitrogens with zero attached hydrogens (tertiary/aromatic N) is 1. The van der Waals surface area contributed by atoms with Crippen LogP contribution >= 0.6 is 0 Å². The summed E-state index contributed by atoms with van der Waals surface area (Å²) in [5.74, 6) is -0.337. The van der Waals surface area contributed by atoms with Crippen LogP contribution in [0, 0.1) is 0 Å².